The highest BCUT2D eigenvalue weighted by Gasteiger charge is 2.66. The Hall–Kier alpha value is -2.46. The van der Waals surface area contributed by atoms with Crippen LogP contribution in [0.3, 0.4) is 0 Å². The van der Waals surface area contributed by atoms with Crippen LogP contribution in [-0.4, -0.2) is 81.1 Å². The molecule has 1 N–H and O–H groups in total. The third kappa shape index (κ3) is 3.58. The summed E-state index contributed by atoms with van der Waals surface area (Å²) >= 11 is 0. The second-order valence-electron chi connectivity index (χ2n) is 11.1. The van der Waals surface area contributed by atoms with Crippen molar-refractivity contribution in [3.05, 3.63) is 58.7 Å². The number of phenolic OH excluding ortho intramolecular Hbond substituents is 1. The van der Waals surface area contributed by atoms with E-state index in [1.807, 2.05) is 36.4 Å². The Labute approximate surface area is 218 Å². The van der Waals surface area contributed by atoms with Gasteiger partial charge in [-0.05, 0) is 62.4 Å². The summed E-state index contributed by atoms with van der Waals surface area (Å²) in [6.07, 6.45) is 2.75. The van der Waals surface area contributed by atoms with Crippen LogP contribution >= 0.6 is 0 Å². The van der Waals surface area contributed by atoms with Gasteiger partial charge >= 0.3 is 0 Å². The molecule has 2 fully saturated rings. The van der Waals surface area contributed by atoms with Crippen molar-refractivity contribution in [1.82, 2.24) is 9.21 Å². The minimum atomic E-state index is -3.62. The molecule has 1 saturated heterocycles. The molecule has 0 aromatic heterocycles. The number of likely N-dealkylation sites (tertiary alicyclic amines) is 1. The van der Waals surface area contributed by atoms with Crippen molar-refractivity contribution in [2.24, 2.45) is 5.92 Å². The molecule has 9 heteroatoms. The summed E-state index contributed by atoms with van der Waals surface area (Å²) in [6, 6.07) is 11.0. The van der Waals surface area contributed by atoms with E-state index in [0.29, 0.717) is 18.1 Å². The van der Waals surface area contributed by atoms with Gasteiger partial charge in [0.1, 0.15) is 12.7 Å². The molecule has 2 aromatic carbocycles. The van der Waals surface area contributed by atoms with Crippen LogP contribution in [0.25, 0.3) is 0 Å². The monoisotopic (exact) mass is 526 g/mol. The van der Waals surface area contributed by atoms with Gasteiger partial charge in [0.25, 0.3) is 0 Å². The van der Waals surface area contributed by atoms with Crippen LogP contribution in [0.15, 0.2) is 36.4 Å². The van der Waals surface area contributed by atoms with Crippen molar-refractivity contribution in [1.29, 1.82) is 0 Å². The van der Waals surface area contributed by atoms with Gasteiger partial charge in [0.2, 0.25) is 10.0 Å². The molecule has 2 unspecified atom stereocenters. The lowest BCUT2D eigenvalue weighted by Crippen LogP contribution is -2.68. The third-order valence-corrected chi connectivity index (χ3v) is 11.2. The maximum absolute atomic E-state index is 13.6. The van der Waals surface area contributed by atoms with Gasteiger partial charge in [-0.1, -0.05) is 30.3 Å². The van der Waals surface area contributed by atoms with E-state index in [9.17, 15) is 18.3 Å². The summed E-state index contributed by atoms with van der Waals surface area (Å²) in [7, 11) is 1.65. The van der Waals surface area contributed by atoms with Crippen molar-refractivity contribution in [2.75, 3.05) is 34.4 Å². The van der Waals surface area contributed by atoms with Gasteiger partial charge in [-0.2, -0.15) is 4.31 Å². The van der Waals surface area contributed by atoms with Crippen molar-refractivity contribution < 1.29 is 27.8 Å². The first-order chi connectivity index (χ1) is 17.7. The predicted molar refractivity (Wildman–Crippen MR) is 138 cm³/mol. The second kappa shape index (κ2) is 8.80. The molecule has 6 rings (SSSR count). The third-order valence-electron chi connectivity index (χ3n) is 9.35. The summed E-state index contributed by atoms with van der Waals surface area (Å²) in [4.78, 5) is 15.2. The van der Waals surface area contributed by atoms with Gasteiger partial charge < -0.3 is 19.5 Å². The number of aromatic hydroxyl groups is 1. The summed E-state index contributed by atoms with van der Waals surface area (Å²) in [5, 5.41) is 11.3. The van der Waals surface area contributed by atoms with E-state index < -0.39 is 16.1 Å². The highest BCUT2D eigenvalue weighted by Crippen LogP contribution is 2.64. The van der Waals surface area contributed by atoms with Crippen LogP contribution < -0.4 is 4.74 Å². The van der Waals surface area contributed by atoms with E-state index in [1.54, 1.807) is 7.05 Å². The van der Waals surface area contributed by atoms with Gasteiger partial charge in [0.15, 0.2) is 17.3 Å². The average molecular weight is 527 g/mol. The van der Waals surface area contributed by atoms with Gasteiger partial charge in [0, 0.05) is 31.2 Å². The zero-order valence-electron chi connectivity index (χ0n) is 21.5. The van der Waals surface area contributed by atoms with Crippen LogP contribution in [0, 0.1) is 5.92 Å². The Bertz CT molecular complexity index is 1350. The largest absolute Gasteiger partial charge is 0.504 e. The SMILES string of the molecule is COCC(=O)c1cc2c3c(c1O)OC1C(N(C)S(=O)(=O)Cc4ccccc4)CC[C@H]4[C@@H](C2)N(C)CC[C@]314. The van der Waals surface area contributed by atoms with Gasteiger partial charge in [-0.15, -0.1) is 0 Å². The number of carbonyl (C=O) groups excluding carboxylic acids is 1. The number of ether oxygens (including phenoxy) is 2. The molecule has 2 aliphatic carbocycles. The molecule has 2 aliphatic heterocycles. The first kappa shape index (κ1) is 24.9. The van der Waals surface area contributed by atoms with Crippen LogP contribution in [0.1, 0.15) is 46.3 Å². The lowest BCUT2D eigenvalue weighted by molar-refractivity contribution is -0.0674. The summed E-state index contributed by atoms with van der Waals surface area (Å²) in [6.45, 7) is 0.744. The summed E-state index contributed by atoms with van der Waals surface area (Å²) in [5.74, 6) is 0.153. The normalized spacial score (nSPS) is 30.2. The number of ketones is 1. The highest BCUT2D eigenvalue weighted by molar-refractivity contribution is 7.88. The molecule has 2 aromatic rings. The summed E-state index contributed by atoms with van der Waals surface area (Å²) < 4.78 is 40.4. The van der Waals surface area contributed by atoms with Crippen molar-refractivity contribution in [3.63, 3.8) is 0 Å². The first-order valence-electron chi connectivity index (χ1n) is 13.0. The number of Topliss-reactive ketones (excluding diaryl/α,β-unsaturated/α-hetero) is 1. The molecule has 8 nitrogen and oxygen atoms in total. The molecule has 2 heterocycles. The quantitative estimate of drug-likeness (QED) is 0.554. The molecule has 0 radical (unpaired) electrons. The van der Waals surface area contributed by atoms with Gasteiger partial charge in [-0.3, -0.25) is 4.79 Å². The Kier molecular flexibility index (Phi) is 5.91. The van der Waals surface area contributed by atoms with Crippen LogP contribution in [0.5, 0.6) is 11.5 Å². The zero-order valence-corrected chi connectivity index (χ0v) is 22.3. The fourth-order valence-corrected chi connectivity index (χ4v) is 9.12. The number of benzene rings is 2. The molecular formula is C28H34N2O6S. The summed E-state index contributed by atoms with van der Waals surface area (Å²) in [5.41, 5.74) is 2.59. The van der Waals surface area contributed by atoms with Crippen LogP contribution in [0.4, 0.5) is 0 Å². The number of methoxy groups -OCH3 is 1. The molecule has 0 amide bonds. The molecule has 1 saturated carbocycles. The van der Waals surface area contributed by atoms with E-state index in [4.69, 9.17) is 9.47 Å². The smallest absolute Gasteiger partial charge is 0.218 e. The fraction of sp³-hybridized carbons (Fsp3) is 0.536. The Morgan fingerprint density at radius 1 is 1.27 bits per heavy atom. The molecule has 37 heavy (non-hydrogen) atoms. The lowest BCUT2D eigenvalue weighted by Gasteiger charge is -2.59. The predicted octanol–water partition coefficient (Wildman–Crippen LogP) is 2.72. The molecule has 4 aliphatic rings. The molecule has 198 valence electrons. The Morgan fingerprint density at radius 2 is 2.03 bits per heavy atom. The van der Waals surface area contributed by atoms with E-state index >= 15 is 0 Å². The van der Waals surface area contributed by atoms with Crippen molar-refractivity contribution in [2.45, 2.75) is 55.0 Å². The number of phenols is 1. The lowest BCUT2D eigenvalue weighted by atomic mass is 9.51. The van der Waals surface area contributed by atoms with E-state index in [0.717, 1.165) is 42.5 Å². The van der Waals surface area contributed by atoms with Crippen LogP contribution in [0.2, 0.25) is 0 Å². The molecular weight excluding hydrogens is 492 g/mol. The Morgan fingerprint density at radius 3 is 2.76 bits per heavy atom. The standard InChI is InChI=1S/C28H34N2O6S/c1-29-12-11-28-20-9-10-21(30(2)37(33,34)16-17-7-5-4-6-8-17)27(28)36-26-24(28)18(14-22(20)29)13-19(25(26)32)23(31)15-35-3/h4-8,13,20-22,27,32H,9-12,14-16H2,1-3H3/t20-,21?,22+,27?,28-/m0/s1. The van der Waals surface area contributed by atoms with Gasteiger partial charge in [0.05, 0.1) is 17.4 Å². The van der Waals surface area contributed by atoms with E-state index in [-0.39, 0.29) is 47.0 Å². The number of nitrogens with zero attached hydrogens (tertiary/aromatic N) is 2. The van der Waals surface area contributed by atoms with Crippen LogP contribution in [-0.2, 0) is 32.3 Å². The number of rotatable bonds is 7. The number of carbonyl (C=O) groups is 1. The van der Waals surface area contributed by atoms with Gasteiger partial charge in [-0.25, -0.2) is 8.42 Å². The number of piperidine rings is 1. The topological polar surface area (TPSA) is 96.4 Å². The maximum Gasteiger partial charge on any atom is 0.218 e. The van der Waals surface area contributed by atoms with Crippen molar-refractivity contribution >= 4 is 15.8 Å². The van der Waals surface area contributed by atoms with E-state index in [1.165, 1.54) is 11.4 Å². The second-order valence-corrected chi connectivity index (χ2v) is 13.1. The first-order valence-corrected chi connectivity index (χ1v) is 14.6. The fourth-order valence-electron chi connectivity index (χ4n) is 7.67. The number of likely N-dealkylation sites (N-methyl/N-ethyl adjacent to an activating group) is 2. The average Bonchev–Trinajstić information content (AvgIpc) is 3.22. The van der Waals surface area contributed by atoms with E-state index in [2.05, 4.69) is 11.9 Å². The number of sulfonamides is 1. The molecule has 5 atom stereocenters. The maximum atomic E-state index is 13.6. The highest BCUT2D eigenvalue weighted by atomic mass is 32.2. The van der Waals surface area contributed by atoms with Crippen molar-refractivity contribution in [3.8, 4) is 11.5 Å². The minimum Gasteiger partial charge on any atom is -0.504 e. The number of hydrogen-bond donors (Lipinski definition) is 1. The Balaban J connectivity index is 1.44. The minimum absolute atomic E-state index is 0.0749. The number of hydrogen-bond acceptors (Lipinski definition) is 7. The zero-order chi connectivity index (χ0) is 26.1. The molecule has 2 bridgehead atoms. The molecule has 1 spiro atoms.